The summed E-state index contributed by atoms with van der Waals surface area (Å²) in [5.41, 5.74) is 14.7. The van der Waals surface area contributed by atoms with Crippen LogP contribution in [0.4, 0.5) is 0 Å². The maximum Gasteiger partial charge on any atom is 0.230 e. The van der Waals surface area contributed by atoms with E-state index in [0.29, 0.717) is 0 Å². The highest BCUT2D eigenvalue weighted by Gasteiger charge is 2.20. The third kappa shape index (κ3) is 6.11. The van der Waals surface area contributed by atoms with Gasteiger partial charge in [0.1, 0.15) is 11.5 Å². The topological polar surface area (TPSA) is 70.0 Å². The van der Waals surface area contributed by atoms with Crippen molar-refractivity contribution < 1.29 is 9.47 Å². The van der Waals surface area contributed by atoms with Gasteiger partial charge in [0.05, 0.1) is 0 Å². The number of rotatable bonds is 6. The lowest BCUT2D eigenvalue weighted by Gasteiger charge is -2.15. The smallest absolute Gasteiger partial charge is 0.230 e. The Balaban J connectivity index is 1.18. The maximum absolute atomic E-state index is 6.15. The summed E-state index contributed by atoms with van der Waals surface area (Å²) in [6, 6.07) is 42.2. The molecular formula is C45H30N4O2. The molecule has 0 amide bonds. The summed E-state index contributed by atoms with van der Waals surface area (Å²) in [5, 5.41) is 0. The molecule has 0 aliphatic carbocycles. The molecule has 0 saturated heterocycles. The zero-order chi connectivity index (χ0) is 34.0. The SMILES string of the molecule is c1cncc(-c2cc(-c3cccnc3)cc(-c3ccc4c(c3)-c3cc(-c5cc(-c6cccnc6)cc(-c6cccnc6)c5)ccc3OCO4)c2)c1. The fourth-order valence-electron chi connectivity index (χ4n) is 6.64. The minimum Gasteiger partial charge on any atom is -0.457 e. The molecule has 0 atom stereocenters. The average Bonchev–Trinajstić information content (AvgIpc) is 3.40. The molecule has 0 bridgehead atoms. The molecule has 6 nitrogen and oxygen atoms in total. The largest absolute Gasteiger partial charge is 0.457 e. The van der Waals surface area contributed by atoms with Gasteiger partial charge in [-0.2, -0.15) is 0 Å². The molecule has 242 valence electrons. The van der Waals surface area contributed by atoms with Crippen molar-refractivity contribution in [1.82, 2.24) is 19.9 Å². The van der Waals surface area contributed by atoms with Gasteiger partial charge in [-0.05, 0) is 129 Å². The van der Waals surface area contributed by atoms with Crippen molar-refractivity contribution in [3.8, 4) is 89.4 Å². The molecule has 9 rings (SSSR count). The van der Waals surface area contributed by atoms with Crippen LogP contribution in [0.25, 0.3) is 77.9 Å². The first-order valence-electron chi connectivity index (χ1n) is 16.7. The van der Waals surface area contributed by atoms with E-state index in [1.165, 1.54) is 0 Å². The zero-order valence-corrected chi connectivity index (χ0v) is 27.5. The monoisotopic (exact) mass is 658 g/mol. The fraction of sp³-hybridized carbons (Fsp3) is 0.0222. The van der Waals surface area contributed by atoms with Crippen LogP contribution >= 0.6 is 0 Å². The van der Waals surface area contributed by atoms with E-state index in [1.54, 1.807) is 24.8 Å². The van der Waals surface area contributed by atoms with Crippen LogP contribution in [0, 0.1) is 0 Å². The van der Waals surface area contributed by atoms with Crippen molar-refractivity contribution in [2.24, 2.45) is 0 Å². The number of hydrogen-bond donors (Lipinski definition) is 0. The van der Waals surface area contributed by atoms with Crippen LogP contribution in [-0.4, -0.2) is 26.7 Å². The summed E-state index contributed by atoms with van der Waals surface area (Å²) in [6.07, 6.45) is 14.8. The lowest BCUT2D eigenvalue weighted by molar-refractivity contribution is 0.125. The van der Waals surface area contributed by atoms with E-state index in [4.69, 9.17) is 9.47 Å². The van der Waals surface area contributed by atoms with Crippen molar-refractivity contribution in [3.05, 3.63) is 171 Å². The minimum atomic E-state index is 0.127. The van der Waals surface area contributed by atoms with Gasteiger partial charge in [-0.1, -0.05) is 36.4 Å². The number of fused-ring (bicyclic) bond motifs is 3. The van der Waals surface area contributed by atoms with E-state index in [-0.39, 0.29) is 6.79 Å². The van der Waals surface area contributed by atoms with Gasteiger partial charge < -0.3 is 9.47 Å². The summed E-state index contributed by atoms with van der Waals surface area (Å²) < 4.78 is 12.3. The van der Waals surface area contributed by atoms with E-state index in [0.717, 1.165) is 89.4 Å². The van der Waals surface area contributed by atoms with E-state index in [1.807, 2.05) is 61.2 Å². The van der Waals surface area contributed by atoms with Crippen molar-refractivity contribution in [2.75, 3.05) is 6.79 Å². The Labute approximate surface area is 295 Å². The molecule has 1 aliphatic heterocycles. The second-order valence-electron chi connectivity index (χ2n) is 12.4. The quantitative estimate of drug-likeness (QED) is 0.177. The average molecular weight is 659 g/mol. The van der Waals surface area contributed by atoms with E-state index >= 15 is 0 Å². The molecule has 0 N–H and O–H groups in total. The Kier molecular flexibility index (Phi) is 7.79. The van der Waals surface area contributed by atoms with E-state index < -0.39 is 0 Å². The third-order valence-electron chi connectivity index (χ3n) is 9.19. The lowest BCUT2D eigenvalue weighted by atomic mass is 9.90. The molecule has 0 fully saturated rings. The zero-order valence-electron chi connectivity index (χ0n) is 27.5. The van der Waals surface area contributed by atoms with E-state index in [9.17, 15) is 0 Å². The molecule has 4 aromatic carbocycles. The van der Waals surface area contributed by atoms with Crippen molar-refractivity contribution >= 4 is 0 Å². The van der Waals surface area contributed by atoms with Crippen molar-refractivity contribution in [2.45, 2.75) is 0 Å². The molecule has 1 aliphatic rings. The lowest BCUT2D eigenvalue weighted by Crippen LogP contribution is -2.03. The van der Waals surface area contributed by atoms with Gasteiger partial charge in [-0.15, -0.1) is 0 Å². The maximum atomic E-state index is 6.15. The molecular weight excluding hydrogens is 629 g/mol. The van der Waals surface area contributed by atoms with Gasteiger partial charge in [-0.25, -0.2) is 0 Å². The van der Waals surface area contributed by atoms with Crippen LogP contribution in [-0.2, 0) is 0 Å². The Morgan fingerprint density at radius 3 is 0.922 bits per heavy atom. The Morgan fingerprint density at radius 2 is 0.627 bits per heavy atom. The summed E-state index contributed by atoms with van der Waals surface area (Å²) in [7, 11) is 0. The third-order valence-corrected chi connectivity index (χ3v) is 9.19. The number of nitrogens with zero attached hydrogens (tertiary/aromatic N) is 4. The predicted octanol–water partition coefficient (Wildman–Crippen LogP) is 10.7. The Morgan fingerprint density at radius 1 is 0.314 bits per heavy atom. The molecule has 5 heterocycles. The van der Waals surface area contributed by atoms with E-state index in [2.05, 4.69) is 105 Å². The second kappa shape index (κ2) is 13.2. The van der Waals surface area contributed by atoms with Crippen LogP contribution < -0.4 is 9.47 Å². The Hall–Kier alpha value is -6.92. The molecule has 0 unspecified atom stereocenters. The molecule has 0 saturated carbocycles. The predicted molar refractivity (Wildman–Crippen MR) is 202 cm³/mol. The fourth-order valence-corrected chi connectivity index (χ4v) is 6.64. The number of hydrogen-bond acceptors (Lipinski definition) is 6. The summed E-state index contributed by atoms with van der Waals surface area (Å²) in [4.78, 5) is 17.6. The standard InChI is InChI=1S/C45H30N4O2/c1-5-32(25-46-13-1)38-17-36(18-39(21-38)33-6-2-14-47-26-33)30-9-11-44-42(23-30)43-24-31(10-12-45(43)51-29-50-44)37-19-40(34-7-3-15-48-27-34)22-41(20-37)35-8-4-16-49-28-35/h1-28H,29H2. The number of aromatic nitrogens is 4. The number of benzene rings is 4. The Bertz CT molecular complexity index is 2200. The summed E-state index contributed by atoms with van der Waals surface area (Å²) in [6.45, 7) is 0.127. The second-order valence-corrected chi connectivity index (χ2v) is 12.4. The first kappa shape index (κ1) is 30.2. The van der Waals surface area contributed by atoms with Gasteiger partial charge in [0.25, 0.3) is 0 Å². The highest BCUT2D eigenvalue weighted by Crippen LogP contribution is 2.44. The minimum absolute atomic E-state index is 0.127. The van der Waals surface area contributed by atoms with Gasteiger partial charge in [-0.3, -0.25) is 19.9 Å². The van der Waals surface area contributed by atoms with Crippen LogP contribution in [0.1, 0.15) is 0 Å². The van der Waals surface area contributed by atoms with Gasteiger partial charge in [0, 0.05) is 83.0 Å². The van der Waals surface area contributed by atoms with Crippen LogP contribution in [0.3, 0.4) is 0 Å². The van der Waals surface area contributed by atoms with Gasteiger partial charge >= 0.3 is 0 Å². The van der Waals surface area contributed by atoms with Crippen LogP contribution in [0.2, 0.25) is 0 Å². The van der Waals surface area contributed by atoms with Crippen LogP contribution in [0.5, 0.6) is 11.5 Å². The first-order valence-corrected chi connectivity index (χ1v) is 16.7. The van der Waals surface area contributed by atoms with Gasteiger partial charge in [0.15, 0.2) is 0 Å². The summed E-state index contributed by atoms with van der Waals surface area (Å²) >= 11 is 0. The first-order chi connectivity index (χ1) is 25.2. The highest BCUT2D eigenvalue weighted by molar-refractivity contribution is 5.88. The van der Waals surface area contributed by atoms with Gasteiger partial charge in [0.2, 0.25) is 6.79 Å². The number of ether oxygens (including phenoxy) is 2. The normalized spacial score (nSPS) is 11.8. The summed E-state index contributed by atoms with van der Waals surface area (Å²) in [5.74, 6) is 1.54. The highest BCUT2D eigenvalue weighted by atomic mass is 16.7. The number of pyridine rings is 4. The molecule has 0 radical (unpaired) electrons. The van der Waals surface area contributed by atoms with Crippen LogP contribution in [0.15, 0.2) is 171 Å². The van der Waals surface area contributed by atoms with Crippen molar-refractivity contribution in [3.63, 3.8) is 0 Å². The molecule has 8 aromatic rings. The molecule has 4 aromatic heterocycles. The molecule has 6 heteroatoms. The van der Waals surface area contributed by atoms with Crippen molar-refractivity contribution in [1.29, 1.82) is 0 Å². The molecule has 0 spiro atoms. The molecule has 51 heavy (non-hydrogen) atoms.